The van der Waals surface area contributed by atoms with Gasteiger partial charge in [-0.3, -0.25) is 0 Å². The average Bonchev–Trinajstić information content (AvgIpc) is 3.40. The highest BCUT2D eigenvalue weighted by atomic mass is 16.3. The fourth-order valence-electron chi connectivity index (χ4n) is 12.1. The van der Waals surface area contributed by atoms with Crippen molar-refractivity contribution < 1.29 is 30.6 Å². The van der Waals surface area contributed by atoms with Gasteiger partial charge in [0.05, 0.1) is 0 Å². The van der Waals surface area contributed by atoms with Gasteiger partial charge in [0.1, 0.15) is 35.2 Å². The summed E-state index contributed by atoms with van der Waals surface area (Å²) in [6, 6.07) is 56.1. The number of rotatable bonds is 10. The maximum atomic E-state index is 12.5. The minimum absolute atomic E-state index is 0.0256. The first kappa shape index (κ1) is 41.7. The molecule has 0 bridgehead atoms. The molecule has 70 heavy (non-hydrogen) atoms. The Morgan fingerprint density at radius 2 is 0.786 bits per heavy atom. The zero-order valence-corrected chi connectivity index (χ0v) is 37.8. The van der Waals surface area contributed by atoms with Crippen molar-refractivity contribution in [1.82, 2.24) is 0 Å². The van der Waals surface area contributed by atoms with Gasteiger partial charge in [-0.1, -0.05) is 146 Å². The van der Waals surface area contributed by atoms with Crippen LogP contribution in [-0.4, -0.2) is 30.6 Å². The van der Waals surface area contributed by atoms with E-state index in [4.69, 9.17) is 0 Å². The summed E-state index contributed by atoms with van der Waals surface area (Å²) in [5, 5.41) is 70.1. The Morgan fingerprint density at radius 1 is 0.371 bits per heavy atom. The van der Waals surface area contributed by atoms with Crippen molar-refractivity contribution >= 4 is 33.7 Å². The molecule has 4 aliphatic rings. The van der Waals surface area contributed by atoms with Crippen molar-refractivity contribution in [3.63, 3.8) is 0 Å². The van der Waals surface area contributed by atoms with E-state index in [0.29, 0.717) is 0 Å². The summed E-state index contributed by atoms with van der Waals surface area (Å²) >= 11 is 0. The number of aromatic hydroxyl groups is 4. The van der Waals surface area contributed by atoms with Crippen LogP contribution < -0.4 is 0 Å². The van der Waals surface area contributed by atoms with E-state index in [0.717, 1.165) is 77.7 Å². The van der Waals surface area contributed by atoms with Gasteiger partial charge >= 0.3 is 0 Å². The smallest absolute Gasteiger partial charge is 0.115 e. The molecule has 13 rings (SSSR count). The number of aliphatic hydroxyl groups is 2. The first-order chi connectivity index (χ1) is 34.2. The maximum absolute atomic E-state index is 12.5. The molecule has 4 unspecified atom stereocenters. The molecule has 6 nitrogen and oxygen atoms in total. The Bertz CT molecular complexity index is 3600. The molecule has 0 aromatic heterocycles. The highest BCUT2D eigenvalue weighted by Gasteiger charge is 2.45. The first-order valence-electron chi connectivity index (χ1n) is 23.8. The van der Waals surface area contributed by atoms with Gasteiger partial charge in [0.2, 0.25) is 0 Å². The van der Waals surface area contributed by atoms with Crippen LogP contribution in [0.5, 0.6) is 23.0 Å². The molecule has 6 N–H and O–H groups in total. The summed E-state index contributed by atoms with van der Waals surface area (Å²) < 4.78 is 0. The standard InChI is InChI=1S/C64H46O6/c65-47-23-13-37(14-24-47)55(38-15-25-48(66)26-16-38)35-1-7-43(8-2-35)63(69)53-33-45-11-5-41-6-12-46-34-54(52-32-22-42-21-31-51(53)61-58(42)62(52)60(46)57(41)59(45)61)64(70)44-9-3-36(4-10-44)56(39-17-27-49(67)28-18-39)40-19-29-50(68)30-20-40/h1-34,55-56,58,61,63-70H. The van der Waals surface area contributed by atoms with Crippen molar-refractivity contribution in [3.8, 4) is 23.0 Å². The van der Waals surface area contributed by atoms with E-state index in [1.807, 2.05) is 72.8 Å². The molecule has 0 fully saturated rings. The summed E-state index contributed by atoms with van der Waals surface area (Å²) in [7, 11) is 0. The van der Waals surface area contributed by atoms with Gasteiger partial charge in [0, 0.05) is 23.7 Å². The van der Waals surface area contributed by atoms with Crippen molar-refractivity contribution in [2.75, 3.05) is 0 Å². The molecular formula is C64H46O6. The van der Waals surface area contributed by atoms with Crippen LogP contribution in [0.2, 0.25) is 0 Å². The number of aliphatic hydroxyl groups excluding tert-OH is 2. The van der Waals surface area contributed by atoms with Crippen molar-refractivity contribution in [2.24, 2.45) is 0 Å². The van der Waals surface area contributed by atoms with Crippen LogP contribution in [0.25, 0.3) is 33.7 Å². The summed E-state index contributed by atoms with van der Waals surface area (Å²) in [6.07, 6.45) is 9.17. The molecule has 0 spiro atoms. The third-order valence-electron chi connectivity index (χ3n) is 15.3. The lowest BCUT2D eigenvalue weighted by atomic mass is 9.58. The van der Waals surface area contributed by atoms with Gasteiger partial charge in [-0.2, -0.15) is 0 Å². The first-order valence-corrected chi connectivity index (χ1v) is 23.8. The van der Waals surface area contributed by atoms with Gasteiger partial charge in [0.25, 0.3) is 0 Å². The zero-order chi connectivity index (χ0) is 47.4. The molecule has 338 valence electrons. The van der Waals surface area contributed by atoms with E-state index in [1.54, 1.807) is 48.5 Å². The second kappa shape index (κ2) is 16.1. The minimum atomic E-state index is -0.919. The molecule has 0 aliphatic heterocycles. The highest BCUT2D eigenvalue weighted by Crippen LogP contribution is 2.62. The Hall–Kier alpha value is -8.42. The van der Waals surface area contributed by atoms with E-state index in [1.165, 1.54) is 32.9 Å². The van der Waals surface area contributed by atoms with E-state index in [9.17, 15) is 30.6 Å². The predicted octanol–water partition coefficient (Wildman–Crippen LogP) is 13.5. The lowest BCUT2D eigenvalue weighted by molar-refractivity contribution is 0.217. The third-order valence-corrected chi connectivity index (χ3v) is 15.3. The number of allylic oxidation sites excluding steroid dienone is 4. The van der Waals surface area contributed by atoms with Crippen molar-refractivity contribution in [1.29, 1.82) is 0 Å². The zero-order valence-electron chi connectivity index (χ0n) is 37.8. The fraction of sp³-hybridized carbons (Fsp3) is 0.0938. The largest absolute Gasteiger partial charge is 0.508 e. The summed E-state index contributed by atoms with van der Waals surface area (Å²) in [4.78, 5) is 0. The van der Waals surface area contributed by atoms with Gasteiger partial charge in [0.15, 0.2) is 0 Å². The number of phenolic OH excluding ortho intramolecular Hbond substituents is 4. The van der Waals surface area contributed by atoms with Gasteiger partial charge < -0.3 is 30.6 Å². The molecule has 4 aliphatic carbocycles. The molecule has 0 heterocycles. The van der Waals surface area contributed by atoms with Crippen LogP contribution in [0.1, 0.15) is 108 Å². The topological polar surface area (TPSA) is 121 Å². The average molecular weight is 911 g/mol. The number of hydrogen-bond acceptors (Lipinski definition) is 6. The molecular weight excluding hydrogens is 865 g/mol. The van der Waals surface area contributed by atoms with Crippen LogP contribution in [0.15, 0.2) is 211 Å². The Morgan fingerprint density at radius 3 is 1.29 bits per heavy atom. The highest BCUT2D eigenvalue weighted by molar-refractivity contribution is 6.16. The Labute approximate surface area is 404 Å². The molecule has 0 amide bonds. The lowest BCUT2D eigenvalue weighted by Crippen LogP contribution is -2.29. The van der Waals surface area contributed by atoms with Gasteiger partial charge in [-0.05, 0) is 171 Å². The summed E-state index contributed by atoms with van der Waals surface area (Å²) in [5.41, 5.74) is 16.2. The molecule has 6 heteroatoms. The van der Waals surface area contributed by atoms with Crippen LogP contribution in [-0.2, 0) is 0 Å². The quantitative estimate of drug-likeness (QED) is 0.0600. The molecule has 0 radical (unpaired) electrons. The molecule has 9 aromatic rings. The second-order valence-corrected chi connectivity index (χ2v) is 19.2. The van der Waals surface area contributed by atoms with E-state index >= 15 is 0 Å². The van der Waals surface area contributed by atoms with Crippen molar-refractivity contribution in [3.05, 3.63) is 283 Å². The van der Waals surface area contributed by atoms with Crippen LogP contribution in [0.4, 0.5) is 0 Å². The maximum Gasteiger partial charge on any atom is 0.115 e. The molecule has 4 atom stereocenters. The van der Waals surface area contributed by atoms with Crippen LogP contribution >= 0.6 is 0 Å². The predicted molar refractivity (Wildman–Crippen MR) is 276 cm³/mol. The molecule has 9 aromatic carbocycles. The Balaban J connectivity index is 0.873. The Kier molecular flexibility index (Phi) is 9.60. The minimum Gasteiger partial charge on any atom is -0.508 e. The van der Waals surface area contributed by atoms with Crippen molar-refractivity contribution in [2.45, 2.75) is 35.9 Å². The molecule has 0 saturated carbocycles. The third kappa shape index (κ3) is 6.63. The number of benzene rings is 9. The monoisotopic (exact) mass is 910 g/mol. The number of phenols is 4. The lowest BCUT2D eigenvalue weighted by Gasteiger charge is -2.45. The second-order valence-electron chi connectivity index (χ2n) is 19.2. The van der Waals surface area contributed by atoms with Crippen LogP contribution in [0.3, 0.4) is 0 Å². The molecule has 0 saturated heterocycles. The summed E-state index contributed by atoms with van der Waals surface area (Å²) in [6.45, 7) is 0. The van der Waals surface area contributed by atoms with Gasteiger partial charge in [-0.25, -0.2) is 0 Å². The van der Waals surface area contributed by atoms with Gasteiger partial charge in [-0.15, -0.1) is 0 Å². The fourth-order valence-corrected chi connectivity index (χ4v) is 12.1. The van der Waals surface area contributed by atoms with E-state index in [2.05, 4.69) is 85.0 Å². The van der Waals surface area contributed by atoms with E-state index in [-0.39, 0.29) is 46.7 Å². The van der Waals surface area contributed by atoms with E-state index < -0.39 is 12.2 Å². The SMILES string of the molecule is Oc1ccc(C(c2ccc(O)cc2)c2ccc(C(O)C3=Cc4ccc5ccc6cc(C(O)c7ccc(C(c8ccc(O)cc8)c8ccc(O)cc8)cc7)c7c8c6c5c4C4C3=CC=C(C=C7)C84)cc2)cc1. The van der Waals surface area contributed by atoms with Crippen LogP contribution in [0, 0.1) is 0 Å². The number of hydrogen-bond donors (Lipinski definition) is 6. The normalized spacial score (nSPS) is 17.0. The summed E-state index contributed by atoms with van der Waals surface area (Å²) in [5.74, 6) is 0.362.